The summed E-state index contributed by atoms with van der Waals surface area (Å²) in [6.45, 7) is -6.76. The number of quaternary nitrogens is 1. The van der Waals surface area contributed by atoms with Crippen LogP contribution in [0.5, 0.6) is 0 Å². The SMILES string of the molecule is [2H]C([2H])([2H])C([2H])([2H])C([2H])([2H])C([2H])([2H])[N+]1(C)[C@@H]2CC(OC(=O)[C@H](CO)c3ccccc3)C[C@H]1[C@@H]1O[C@@H]12.[Br-]. The van der Waals surface area contributed by atoms with Crippen molar-refractivity contribution in [2.75, 3.05) is 20.2 Å². The number of esters is 1. The highest BCUT2D eigenvalue weighted by atomic mass is 79.9. The molecule has 2 unspecified atom stereocenters. The summed E-state index contributed by atoms with van der Waals surface area (Å²) in [5, 5.41) is 9.77. The average molecular weight is 449 g/mol. The highest BCUT2D eigenvalue weighted by molar-refractivity contribution is 5.78. The van der Waals surface area contributed by atoms with E-state index in [9.17, 15) is 9.90 Å². The fourth-order valence-corrected chi connectivity index (χ4v) is 4.61. The number of fused-ring (bicyclic) bond motifs is 5. The third kappa shape index (κ3) is 3.69. The number of hydrogen-bond acceptors (Lipinski definition) is 4. The van der Waals surface area contributed by atoms with Crippen LogP contribution in [0.3, 0.4) is 0 Å². The lowest BCUT2D eigenvalue weighted by Gasteiger charge is -2.48. The fraction of sp³-hybridized carbons (Fsp3) is 0.667. The first kappa shape index (κ1) is 11.9. The zero-order chi connectivity index (χ0) is 26.2. The number of epoxide rings is 1. The van der Waals surface area contributed by atoms with Gasteiger partial charge in [0.25, 0.3) is 0 Å². The zero-order valence-electron chi connectivity index (χ0n) is 24.0. The third-order valence-electron chi connectivity index (χ3n) is 6.02. The number of rotatable bonds is 7. The number of aliphatic hydroxyl groups is 1. The van der Waals surface area contributed by atoms with Gasteiger partial charge in [-0.15, -0.1) is 0 Å². The third-order valence-corrected chi connectivity index (χ3v) is 6.02. The number of piperidine rings is 1. The Balaban J connectivity index is 0.00000361. The molecule has 7 atom stereocenters. The van der Waals surface area contributed by atoms with Gasteiger partial charge in [0.05, 0.1) is 22.9 Å². The van der Waals surface area contributed by atoms with Gasteiger partial charge in [0.15, 0.2) is 0 Å². The van der Waals surface area contributed by atoms with Crippen LogP contribution < -0.4 is 17.0 Å². The van der Waals surface area contributed by atoms with E-state index in [0.29, 0.717) is 5.56 Å². The van der Waals surface area contributed by atoms with E-state index in [1.807, 2.05) is 0 Å². The number of halogens is 1. The molecule has 1 aromatic rings. The molecule has 0 aromatic heterocycles. The van der Waals surface area contributed by atoms with Gasteiger partial charge in [-0.25, -0.2) is 0 Å². The summed E-state index contributed by atoms with van der Waals surface area (Å²) in [5.74, 6) is -1.50. The predicted octanol–water partition coefficient (Wildman–Crippen LogP) is -0.763. The topological polar surface area (TPSA) is 59.1 Å². The molecule has 0 spiro atoms. The smallest absolute Gasteiger partial charge is 0.316 e. The first-order valence-electron chi connectivity index (χ1n) is 13.4. The second kappa shape index (κ2) is 8.19. The number of aliphatic hydroxyl groups excluding tert-OH is 1. The van der Waals surface area contributed by atoms with Crippen molar-refractivity contribution in [1.82, 2.24) is 0 Å². The van der Waals surface area contributed by atoms with Gasteiger partial charge in [0.2, 0.25) is 0 Å². The number of morpholine rings is 1. The van der Waals surface area contributed by atoms with Gasteiger partial charge in [0, 0.05) is 22.4 Å². The Hall–Kier alpha value is -0.950. The highest BCUT2D eigenvalue weighted by Crippen LogP contribution is 2.52. The number of likely N-dealkylation sites (N-methyl/N-ethyl adjacent to an activating group) is 1. The van der Waals surface area contributed by atoms with Crippen molar-refractivity contribution in [3.8, 4) is 0 Å². The largest absolute Gasteiger partial charge is 1.00 e. The number of hydrogen-bond donors (Lipinski definition) is 1. The molecule has 1 aromatic carbocycles. The second-order valence-corrected chi connectivity index (χ2v) is 7.39. The molecule has 6 heteroatoms. The molecule has 3 aliphatic heterocycles. The quantitative estimate of drug-likeness (QED) is 0.338. The van der Waals surface area contributed by atoms with E-state index in [-0.39, 0.29) is 29.8 Å². The van der Waals surface area contributed by atoms with Crippen molar-refractivity contribution < 1.29 is 53.2 Å². The summed E-state index contributed by atoms with van der Waals surface area (Å²) >= 11 is 0. The van der Waals surface area contributed by atoms with Crippen LogP contribution in [0.4, 0.5) is 0 Å². The molecule has 0 saturated carbocycles. The monoisotopic (exact) mass is 448 g/mol. The number of carbonyl (C=O) groups is 1. The van der Waals surface area contributed by atoms with E-state index >= 15 is 0 Å². The van der Waals surface area contributed by atoms with E-state index in [0.717, 1.165) is 0 Å². The van der Waals surface area contributed by atoms with E-state index in [1.165, 1.54) is 7.05 Å². The van der Waals surface area contributed by atoms with Gasteiger partial charge in [0.1, 0.15) is 36.3 Å². The molecule has 27 heavy (non-hydrogen) atoms. The van der Waals surface area contributed by atoms with Crippen molar-refractivity contribution in [3.05, 3.63) is 35.9 Å². The Morgan fingerprint density at radius 2 is 2.04 bits per heavy atom. The Bertz CT molecular complexity index is 960. The molecular weight excluding hydrogens is 410 g/mol. The minimum atomic E-state index is -3.46. The summed E-state index contributed by atoms with van der Waals surface area (Å²) in [5.41, 5.74) is 0.599. The molecule has 3 aliphatic rings. The van der Waals surface area contributed by atoms with Crippen LogP contribution in [0.2, 0.25) is 0 Å². The molecule has 0 amide bonds. The van der Waals surface area contributed by atoms with Gasteiger partial charge in [-0.05, 0) is 11.9 Å². The first-order valence-corrected chi connectivity index (χ1v) is 8.90. The lowest BCUT2D eigenvalue weighted by atomic mass is 9.94. The maximum absolute atomic E-state index is 12.9. The van der Waals surface area contributed by atoms with Crippen molar-refractivity contribution in [1.29, 1.82) is 0 Å². The minimum Gasteiger partial charge on any atom is -1.00 e. The van der Waals surface area contributed by atoms with E-state index in [1.54, 1.807) is 30.3 Å². The van der Waals surface area contributed by atoms with Crippen molar-refractivity contribution >= 4 is 5.97 Å². The summed E-state index contributed by atoms with van der Waals surface area (Å²) in [4.78, 5) is 12.9. The summed E-state index contributed by atoms with van der Waals surface area (Å²) < 4.78 is 83.5. The molecule has 0 aliphatic carbocycles. The molecule has 3 heterocycles. The van der Waals surface area contributed by atoms with Crippen LogP contribution in [-0.2, 0) is 14.3 Å². The maximum atomic E-state index is 12.9. The number of benzene rings is 1. The number of nitrogens with zero attached hydrogens (tertiary/aromatic N) is 1. The van der Waals surface area contributed by atoms with Crippen LogP contribution in [0.15, 0.2) is 30.3 Å². The van der Waals surface area contributed by atoms with Crippen LogP contribution >= 0.6 is 0 Å². The van der Waals surface area contributed by atoms with Gasteiger partial charge in [-0.3, -0.25) is 4.79 Å². The minimum absolute atomic E-state index is 0. The lowest BCUT2D eigenvalue weighted by molar-refractivity contribution is -0.956. The second-order valence-electron chi connectivity index (χ2n) is 7.39. The van der Waals surface area contributed by atoms with E-state index in [4.69, 9.17) is 21.8 Å². The molecule has 0 radical (unpaired) electrons. The first-order chi connectivity index (χ1) is 16.0. The van der Waals surface area contributed by atoms with Gasteiger partial charge in [-0.2, -0.15) is 0 Å². The normalized spacial score (nSPS) is 44.1. The molecule has 4 rings (SSSR count). The van der Waals surface area contributed by atoms with Crippen molar-refractivity contribution in [3.63, 3.8) is 0 Å². The Morgan fingerprint density at radius 1 is 1.37 bits per heavy atom. The van der Waals surface area contributed by atoms with Crippen molar-refractivity contribution in [2.45, 2.75) is 68.8 Å². The van der Waals surface area contributed by atoms with Crippen LogP contribution in [0.25, 0.3) is 0 Å². The standard InChI is InChI=1S/C21H30NO4.BrH/c1-3-4-10-22(2)17-11-15(12-18(22)20-19(17)26-20)25-21(24)16(13-23)14-8-6-5-7-9-14;/h5-9,15-20,23H,3-4,10-13H2,1-2H3;1H/q+1;/p-1/t15?,16-,17-,18+,19-,20+,22?;/m1./s1/i1D3,3D2,4D2,10D2;. The number of ether oxygens (including phenoxy) is 2. The van der Waals surface area contributed by atoms with Gasteiger partial charge >= 0.3 is 5.97 Å². The van der Waals surface area contributed by atoms with E-state index < -0.39 is 79.5 Å². The molecule has 1 N–H and O–H groups in total. The Morgan fingerprint density at radius 3 is 2.63 bits per heavy atom. The summed E-state index contributed by atoms with van der Waals surface area (Å²) in [6, 6.07) is 7.35. The van der Waals surface area contributed by atoms with Crippen LogP contribution in [0, 0.1) is 0 Å². The van der Waals surface area contributed by atoms with Crippen LogP contribution in [0.1, 0.15) is 56.3 Å². The predicted molar refractivity (Wildman–Crippen MR) is 97.6 cm³/mol. The summed E-state index contributed by atoms with van der Waals surface area (Å²) in [7, 11) is 1.47. The molecule has 150 valence electrons. The zero-order valence-corrected chi connectivity index (χ0v) is 16.6. The van der Waals surface area contributed by atoms with Crippen molar-refractivity contribution in [2.24, 2.45) is 0 Å². The van der Waals surface area contributed by atoms with Crippen LogP contribution in [-0.4, -0.2) is 66.1 Å². The molecule has 3 saturated heterocycles. The maximum Gasteiger partial charge on any atom is 0.316 e. The Labute approximate surface area is 184 Å². The molecule has 5 nitrogen and oxygen atoms in total. The lowest BCUT2D eigenvalue weighted by Crippen LogP contribution is -3.00. The van der Waals surface area contributed by atoms with Gasteiger partial charge < -0.3 is 36.0 Å². The Kier molecular flexibility index (Phi) is 3.61. The van der Waals surface area contributed by atoms with E-state index in [2.05, 4.69) is 0 Å². The average Bonchev–Trinajstić information content (AvgIpc) is 3.52. The molecule has 3 fully saturated rings. The van der Waals surface area contributed by atoms with Gasteiger partial charge in [-0.1, -0.05) is 43.6 Å². The molecular formula is C21H30BrNO4. The summed E-state index contributed by atoms with van der Waals surface area (Å²) in [6.07, 6.45) is -8.01. The molecule has 2 bridgehead atoms. The highest BCUT2D eigenvalue weighted by Gasteiger charge is 2.71. The fourth-order valence-electron chi connectivity index (χ4n) is 4.61. The number of carbonyl (C=O) groups excluding carboxylic acids is 1.